The third-order valence-corrected chi connectivity index (χ3v) is 4.17. The maximum atomic E-state index is 12.4. The lowest BCUT2D eigenvalue weighted by molar-refractivity contribution is -0.153. The number of benzene rings is 2. The highest BCUT2D eigenvalue weighted by molar-refractivity contribution is 5.88. The molecule has 0 fully saturated rings. The van der Waals surface area contributed by atoms with E-state index in [0.717, 1.165) is 5.56 Å². The van der Waals surface area contributed by atoms with Crippen molar-refractivity contribution in [3.05, 3.63) is 71.3 Å². The Kier molecular flexibility index (Phi) is 7.08. The molecule has 3 N–H and O–H groups in total. The Balaban J connectivity index is 2.30. The van der Waals surface area contributed by atoms with Gasteiger partial charge in [0.15, 0.2) is 0 Å². The van der Waals surface area contributed by atoms with Crippen LogP contribution in [0.15, 0.2) is 54.6 Å². The molecule has 27 heavy (non-hydrogen) atoms. The molecule has 0 saturated heterocycles. The van der Waals surface area contributed by atoms with Crippen LogP contribution in [0, 0.1) is 0 Å². The summed E-state index contributed by atoms with van der Waals surface area (Å²) in [7, 11) is 1.27. The molecule has 0 aliphatic carbocycles. The largest absolute Gasteiger partial charge is 0.478 e. The van der Waals surface area contributed by atoms with Crippen molar-refractivity contribution < 1.29 is 24.2 Å². The van der Waals surface area contributed by atoms with E-state index in [1.165, 1.54) is 24.1 Å². The number of carboxylic acids is 1. The molecule has 7 nitrogen and oxygen atoms in total. The zero-order chi connectivity index (χ0) is 19.8. The summed E-state index contributed by atoms with van der Waals surface area (Å²) in [5.74, 6) is -1.97. The number of hydrogen-bond donors (Lipinski definition) is 2. The van der Waals surface area contributed by atoms with Gasteiger partial charge in [-0.15, -0.1) is 0 Å². The maximum Gasteiger partial charge on any atom is 0.335 e. The van der Waals surface area contributed by atoms with Gasteiger partial charge in [0, 0.05) is 13.0 Å². The van der Waals surface area contributed by atoms with E-state index in [1.807, 2.05) is 30.3 Å². The molecular formula is C20H22N2O5. The van der Waals surface area contributed by atoms with Crippen molar-refractivity contribution in [2.24, 2.45) is 5.73 Å². The molecule has 0 aliphatic heterocycles. The molecule has 0 aliphatic rings. The maximum absolute atomic E-state index is 12.4. The Morgan fingerprint density at radius 3 is 2.19 bits per heavy atom. The average molecular weight is 370 g/mol. The van der Waals surface area contributed by atoms with Crippen LogP contribution in [0.2, 0.25) is 0 Å². The lowest BCUT2D eigenvalue weighted by Crippen LogP contribution is -2.48. The Hall–Kier alpha value is -3.19. The molecule has 2 aromatic carbocycles. The van der Waals surface area contributed by atoms with E-state index in [2.05, 4.69) is 0 Å². The highest BCUT2D eigenvalue weighted by atomic mass is 16.5. The predicted molar refractivity (Wildman–Crippen MR) is 99.0 cm³/mol. The Labute approximate surface area is 157 Å². The third-order valence-electron chi connectivity index (χ3n) is 4.17. The van der Waals surface area contributed by atoms with E-state index in [1.54, 1.807) is 12.1 Å². The Morgan fingerprint density at radius 2 is 1.67 bits per heavy atom. The topological polar surface area (TPSA) is 110 Å². The van der Waals surface area contributed by atoms with Crippen LogP contribution < -0.4 is 5.73 Å². The second-order valence-electron chi connectivity index (χ2n) is 5.96. The molecule has 1 unspecified atom stereocenters. The fraction of sp³-hybridized carbons (Fsp3) is 0.250. The molecular weight excluding hydrogens is 348 g/mol. The molecule has 142 valence electrons. The minimum atomic E-state index is -1.03. The van der Waals surface area contributed by atoms with Gasteiger partial charge in [-0.2, -0.15) is 0 Å². The van der Waals surface area contributed by atoms with Crippen LogP contribution in [0.4, 0.5) is 0 Å². The SMILES string of the molecule is COC(=O)C(Cc1ccccc1)N(Cc1ccc(C(=O)O)cc1)C(=O)CN. The molecule has 0 radical (unpaired) electrons. The van der Waals surface area contributed by atoms with E-state index in [0.29, 0.717) is 5.56 Å². The van der Waals surface area contributed by atoms with Crippen molar-refractivity contribution in [1.29, 1.82) is 0 Å². The summed E-state index contributed by atoms with van der Waals surface area (Å²) < 4.78 is 4.90. The van der Waals surface area contributed by atoms with Gasteiger partial charge in [0.2, 0.25) is 5.91 Å². The van der Waals surface area contributed by atoms with Gasteiger partial charge in [0.1, 0.15) is 6.04 Å². The fourth-order valence-electron chi connectivity index (χ4n) is 2.73. The molecule has 1 amide bonds. The zero-order valence-corrected chi connectivity index (χ0v) is 15.0. The first-order valence-corrected chi connectivity index (χ1v) is 8.39. The molecule has 0 spiro atoms. The average Bonchev–Trinajstić information content (AvgIpc) is 2.70. The summed E-state index contributed by atoms with van der Waals surface area (Å²) in [6.07, 6.45) is 0.284. The summed E-state index contributed by atoms with van der Waals surface area (Å²) >= 11 is 0. The molecule has 0 aromatic heterocycles. The number of nitrogens with two attached hydrogens (primary N) is 1. The fourth-order valence-corrected chi connectivity index (χ4v) is 2.73. The zero-order valence-electron chi connectivity index (χ0n) is 15.0. The van der Waals surface area contributed by atoms with Crippen LogP contribution in [0.1, 0.15) is 21.5 Å². The van der Waals surface area contributed by atoms with Gasteiger partial charge >= 0.3 is 11.9 Å². The van der Waals surface area contributed by atoms with Crippen molar-refractivity contribution in [1.82, 2.24) is 4.90 Å². The molecule has 2 rings (SSSR count). The second-order valence-corrected chi connectivity index (χ2v) is 5.96. The van der Waals surface area contributed by atoms with Gasteiger partial charge in [-0.25, -0.2) is 9.59 Å². The number of carboxylic acid groups (broad SMARTS) is 1. The van der Waals surface area contributed by atoms with Crippen LogP contribution in [-0.2, 0) is 27.3 Å². The number of ether oxygens (including phenoxy) is 1. The lowest BCUT2D eigenvalue weighted by Gasteiger charge is -2.30. The Morgan fingerprint density at radius 1 is 1.04 bits per heavy atom. The summed E-state index contributed by atoms with van der Waals surface area (Å²) in [5.41, 5.74) is 7.25. The molecule has 1 atom stereocenters. The first kappa shape index (κ1) is 20.1. The minimum Gasteiger partial charge on any atom is -0.478 e. The normalized spacial score (nSPS) is 11.5. The third kappa shape index (κ3) is 5.39. The molecule has 7 heteroatoms. The van der Waals surface area contributed by atoms with Gasteiger partial charge < -0.3 is 20.5 Å². The number of carbonyl (C=O) groups excluding carboxylic acids is 2. The highest BCUT2D eigenvalue weighted by Gasteiger charge is 2.30. The van der Waals surface area contributed by atoms with E-state index in [9.17, 15) is 14.4 Å². The van der Waals surface area contributed by atoms with Crippen LogP contribution in [0.25, 0.3) is 0 Å². The van der Waals surface area contributed by atoms with E-state index in [-0.39, 0.29) is 25.1 Å². The van der Waals surface area contributed by atoms with Crippen molar-refractivity contribution in [2.45, 2.75) is 19.0 Å². The molecule has 0 heterocycles. The quantitative estimate of drug-likeness (QED) is 0.681. The smallest absolute Gasteiger partial charge is 0.335 e. The van der Waals surface area contributed by atoms with Gasteiger partial charge in [0.05, 0.1) is 19.2 Å². The second kappa shape index (κ2) is 9.49. The van der Waals surface area contributed by atoms with Gasteiger partial charge in [0.25, 0.3) is 0 Å². The lowest BCUT2D eigenvalue weighted by atomic mass is 10.0. The van der Waals surface area contributed by atoms with Gasteiger partial charge in [-0.1, -0.05) is 42.5 Å². The Bertz CT molecular complexity index is 790. The monoisotopic (exact) mass is 370 g/mol. The molecule has 0 saturated carbocycles. The van der Waals surface area contributed by atoms with E-state index < -0.39 is 23.9 Å². The number of hydrogen-bond acceptors (Lipinski definition) is 5. The van der Waals surface area contributed by atoms with Crippen molar-refractivity contribution in [2.75, 3.05) is 13.7 Å². The van der Waals surface area contributed by atoms with Gasteiger partial charge in [-0.05, 0) is 23.3 Å². The summed E-state index contributed by atoms with van der Waals surface area (Å²) in [6.45, 7) is -0.141. The molecule has 2 aromatic rings. The number of rotatable bonds is 8. The van der Waals surface area contributed by atoms with E-state index >= 15 is 0 Å². The number of esters is 1. The van der Waals surface area contributed by atoms with Crippen LogP contribution in [0.3, 0.4) is 0 Å². The highest BCUT2D eigenvalue weighted by Crippen LogP contribution is 2.16. The first-order valence-electron chi connectivity index (χ1n) is 8.39. The number of amides is 1. The number of methoxy groups -OCH3 is 1. The molecule has 0 bridgehead atoms. The standard InChI is InChI=1S/C20H22N2O5/c1-27-20(26)17(11-14-5-3-2-4-6-14)22(18(23)12-21)13-15-7-9-16(10-8-15)19(24)25/h2-10,17H,11-13,21H2,1H3,(H,24,25). The van der Waals surface area contributed by atoms with Crippen LogP contribution in [0.5, 0.6) is 0 Å². The van der Waals surface area contributed by atoms with Crippen molar-refractivity contribution in [3.8, 4) is 0 Å². The predicted octanol–water partition coefficient (Wildman–Crippen LogP) is 1.46. The van der Waals surface area contributed by atoms with Gasteiger partial charge in [-0.3, -0.25) is 4.79 Å². The number of aromatic carboxylic acids is 1. The summed E-state index contributed by atoms with van der Waals surface area (Å²) in [5, 5.41) is 9.00. The van der Waals surface area contributed by atoms with Crippen molar-refractivity contribution in [3.63, 3.8) is 0 Å². The van der Waals surface area contributed by atoms with E-state index in [4.69, 9.17) is 15.6 Å². The van der Waals surface area contributed by atoms with Crippen LogP contribution >= 0.6 is 0 Å². The minimum absolute atomic E-state index is 0.114. The summed E-state index contributed by atoms with van der Waals surface area (Å²) in [6, 6.07) is 14.6. The first-order chi connectivity index (χ1) is 13.0. The number of carbonyl (C=O) groups is 3. The summed E-state index contributed by atoms with van der Waals surface area (Å²) in [4.78, 5) is 37.2. The van der Waals surface area contributed by atoms with Crippen LogP contribution in [-0.4, -0.2) is 47.5 Å². The van der Waals surface area contributed by atoms with Crippen molar-refractivity contribution >= 4 is 17.8 Å². The number of nitrogens with zero attached hydrogens (tertiary/aromatic N) is 1.